The zero-order chi connectivity index (χ0) is 8.43. The standard InChI is InChI=1S/C8H11FN2/c1-5(10)6-2-7(9)4-8(11)3-6/h2-5H,10-11H2,1H3. The minimum Gasteiger partial charge on any atom is -0.399 e. The first-order valence-corrected chi connectivity index (χ1v) is 3.41. The normalized spacial score (nSPS) is 13.0. The Morgan fingerprint density at radius 1 is 1.36 bits per heavy atom. The van der Waals surface area contributed by atoms with Gasteiger partial charge in [-0.05, 0) is 30.7 Å². The molecule has 0 radical (unpaired) electrons. The van der Waals surface area contributed by atoms with Gasteiger partial charge in [-0.3, -0.25) is 0 Å². The molecule has 11 heavy (non-hydrogen) atoms. The molecular weight excluding hydrogens is 143 g/mol. The van der Waals surface area contributed by atoms with Crippen LogP contribution < -0.4 is 11.5 Å². The van der Waals surface area contributed by atoms with Crippen LogP contribution in [0, 0.1) is 5.82 Å². The maximum absolute atomic E-state index is 12.7. The molecule has 0 aliphatic heterocycles. The number of benzene rings is 1. The third-order valence-electron chi connectivity index (χ3n) is 1.47. The van der Waals surface area contributed by atoms with Crippen molar-refractivity contribution in [1.82, 2.24) is 0 Å². The number of nitrogens with two attached hydrogens (primary N) is 2. The van der Waals surface area contributed by atoms with E-state index in [0.717, 1.165) is 5.56 Å². The van der Waals surface area contributed by atoms with Crippen LogP contribution in [0.1, 0.15) is 18.5 Å². The van der Waals surface area contributed by atoms with Crippen LogP contribution in [0.25, 0.3) is 0 Å². The highest BCUT2D eigenvalue weighted by molar-refractivity contribution is 5.42. The lowest BCUT2D eigenvalue weighted by Crippen LogP contribution is -2.05. The molecule has 2 nitrogen and oxygen atoms in total. The maximum Gasteiger partial charge on any atom is 0.125 e. The molecule has 0 spiro atoms. The molecule has 60 valence electrons. The molecule has 0 heterocycles. The molecule has 4 N–H and O–H groups in total. The van der Waals surface area contributed by atoms with Crippen molar-refractivity contribution in [2.24, 2.45) is 5.73 Å². The van der Waals surface area contributed by atoms with E-state index in [0.29, 0.717) is 5.69 Å². The van der Waals surface area contributed by atoms with Crippen LogP contribution in [0.4, 0.5) is 10.1 Å². The highest BCUT2D eigenvalue weighted by atomic mass is 19.1. The molecule has 0 aromatic heterocycles. The van der Waals surface area contributed by atoms with Crippen molar-refractivity contribution in [3.05, 3.63) is 29.6 Å². The molecule has 3 heteroatoms. The van der Waals surface area contributed by atoms with Crippen molar-refractivity contribution >= 4 is 5.69 Å². The van der Waals surface area contributed by atoms with Crippen LogP contribution in [0.15, 0.2) is 18.2 Å². The van der Waals surface area contributed by atoms with Crippen molar-refractivity contribution in [2.75, 3.05) is 5.73 Å². The minimum absolute atomic E-state index is 0.173. The number of anilines is 1. The summed E-state index contributed by atoms with van der Waals surface area (Å²) in [7, 11) is 0. The molecule has 1 unspecified atom stereocenters. The topological polar surface area (TPSA) is 52.0 Å². The van der Waals surface area contributed by atoms with Crippen molar-refractivity contribution in [3.63, 3.8) is 0 Å². The van der Waals surface area contributed by atoms with E-state index >= 15 is 0 Å². The Labute approximate surface area is 65.0 Å². The van der Waals surface area contributed by atoms with Crippen LogP contribution in [-0.2, 0) is 0 Å². The quantitative estimate of drug-likeness (QED) is 0.601. The van der Waals surface area contributed by atoms with Gasteiger partial charge >= 0.3 is 0 Å². The fourth-order valence-corrected chi connectivity index (χ4v) is 0.899. The first kappa shape index (κ1) is 8.01. The van der Waals surface area contributed by atoms with Crippen molar-refractivity contribution in [3.8, 4) is 0 Å². The zero-order valence-corrected chi connectivity index (χ0v) is 6.34. The highest BCUT2D eigenvalue weighted by Gasteiger charge is 2.01. The second-order valence-corrected chi connectivity index (χ2v) is 2.61. The van der Waals surface area contributed by atoms with Gasteiger partial charge in [-0.1, -0.05) is 0 Å². The van der Waals surface area contributed by atoms with Gasteiger partial charge in [-0.25, -0.2) is 4.39 Å². The van der Waals surface area contributed by atoms with E-state index in [1.165, 1.54) is 12.1 Å². The lowest BCUT2D eigenvalue weighted by molar-refractivity contribution is 0.623. The predicted molar refractivity (Wildman–Crippen MR) is 43.4 cm³/mol. The smallest absolute Gasteiger partial charge is 0.125 e. The van der Waals surface area contributed by atoms with E-state index < -0.39 is 0 Å². The second kappa shape index (κ2) is 2.88. The van der Waals surface area contributed by atoms with Crippen molar-refractivity contribution in [1.29, 1.82) is 0 Å². The third kappa shape index (κ3) is 1.91. The van der Waals surface area contributed by atoms with Crippen molar-refractivity contribution < 1.29 is 4.39 Å². The third-order valence-corrected chi connectivity index (χ3v) is 1.47. The van der Waals surface area contributed by atoms with Gasteiger partial charge < -0.3 is 11.5 Å². The Bertz CT molecular complexity index is 238. The molecule has 1 aromatic rings. The summed E-state index contributed by atoms with van der Waals surface area (Å²) in [6, 6.07) is 4.16. The SMILES string of the molecule is CC(N)c1cc(N)cc(F)c1. The van der Waals surface area contributed by atoms with Gasteiger partial charge in [-0.15, -0.1) is 0 Å². The summed E-state index contributed by atoms with van der Waals surface area (Å²) in [5, 5.41) is 0. The molecule has 0 aliphatic carbocycles. The molecule has 0 amide bonds. The Balaban J connectivity index is 3.08. The Hall–Kier alpha value is -1.09. The summed E-state index contributed by atoms with van der Waals surface area (Å²) in [6.07, 6.45) is 0. The lowest BCUT2D eigenvalue weighted by Gasteiger charge is -2.05. The van der Waals surface area contributed by atoms with Gasteiger partial charge in [0.15, 0.2) is 0 Å². The molecule has 0 aliphatic rings. The predicted octanol–water partition coefficient (Wildman–Crippen LogP) is 1.43. The van der Waals surface area contributed by atoms with Gasteiger partial charge in [0.25, 0.3) is 0 Å². The highest BCUT2D eigenvalue weighted by Crippen LogP contribution is 2.15. The van der Waals surface area contributed by atoms with Gasteiger partial charge in [0.1, 0.15) is 5.82 Å². The van der Waals surface area contributed by atoms with Gasteiger partial charge in [0, 0.05) is 11.7 Å². The summed E-state index contributed by atoms with van der Waals surface area (Å²) in [6.45, 7) is 1.79. The molecule has 0 saturated heterocycles. The van der Waals surface area contributed by atoms with Gasteiger partial charge in [-0.2, -0.15) is 0 Å². The first-order chi connectivity index (χ1) is 5.09. The molecule has 1 rings (SSSR count). The Morgan fingerprint density at radius 2 is 2.00 bits per heavy atom. The van der Waals surface area contributed by atoms with Crippen LogP contribution in [0.5, 0.6) is 0 Å². The van der Waals surface area contributed by atoms with E-state index in [2.05, 4.69) is 0 Å². The average Bonchev–Trinajstić information content (AvgIpc) is 1.85. The van der Waals surface area contributed by atoms with Gasteiger partial charge in [0.2, 0.25) is 0 Å². The molecule has 1 aromatic carbocycles. The van der Waals surface area contributed by atoms with E-state index in [1.54, 1.807) is 13.0 Å². The number of nitrogen functional groups attached to an aromatic ring is 1. The fraction of sp³-hybridized carbons (Fsp3) is 0.250. The Morgan fingerprint density at radius 3 is 2.45 bits per heavy atom. The lowest BCUT2D eigenvalue weighted by atomic mass is 10.1. The first-order valence-electron chi connectivity index (χ1n) is 3.41. The Kier molecular flexibility index (Phi) is 2.10. The maximum atomic E-state index is 12.7. The largest absolute Gasteiger partial charge is 0.399 e. The number of hydrogen-bond acceptors (Lipinski definition) is 2. The monoisotopic (exact) mass is 154 g/mol. The molecule has 1 atom stereocenters. The van der Waals surface area contributed by atoms with E-state index in [4.69, 9.17) is 11.5 Å². The van der Waals surface area contributed by atoms with Crippen LogP contribution in [0.2, 0.25) is 0 Å². The van der Waals surface area contributed by atoms with Crippen LogP contribution >= 0.6 is 0 Å². The molecule has 0 fully saturated rings. The summed E-state index contributed by atoms with van der Waals surface area (Å²) in [5.74, 6) is -0.336. The van der Waals surface area contributed by atoms with Crippen molar-refractivity contribution in [2.45, 2.75) is 13.0 Å². The number of hydrogen-bond donors (Lipinski definition) is 2. The average molecular weight is 154 g/mol. The van der Waals surface area contributed by atoms with E-state index in [1.807, 2.05) is 0 Å². The fourth-order valence-electron chi connectivity index (χ4n) is 0.899. The molecule has 0 bridgehead atoms. The number of rotatable bonds is 1. The van der Waals surface area contributed by atoms with Gasteiger partial charge in [0.05, 0.1) is 0 Å². The summed E-state index contributed by atoms with van der Waals surface area (Å²) in [5.41, 5.74) is 12.1. The number of halogens is 1. The zero-order valence-electron chi connectivity index (χ0n) is 6.34. The van der Waals surface area contributed by atoms with E-state index in [9.17, 15) is 4.39 Å². The summed E-state index contributed by atoms with van der Waals surface area (Å²) >= 11 is 0. The molecule has 0 saturated carbocycles. The molecular formula is C8H11FN2. The summed E-state index contributed by atoms with van der Waals surface area (Å²) in [4.78, 5) is 0. The second-order valence-electron chi connectivity index (χ2n) is 2.61. The summed E-state index contributed by atoms with van der Waals surface area (Å²) < 4.78 is 12.7. The van der Waals surface area contributed by atoms with E-state index in [-0.39, 0.29) is 11.9 Å². The van der Waals surface area contributed by atoms with Crippen LogP contribution in [0.3, 0.4) is 0 Å². The van der Waals surface area contributed by atoms with Crippen LogP contribution in [-0.4, -0.2) is 0 Å². The minimum atomic E-state index is -0.336.